The van der Waals surface area contributed by atoms with Gasteiger partial charge in [0.05, 0.1) is 0 Å². The molecule has 2 saturated carbocycles. The summed E-state index contributed by atoms with van der Waals surface area (Å²) in [6.45, 7) is 6.63. The van der Waals surface area contributed by atoms with Crippen molar-refractivity contribution in [2.45, 2.75) is 68.3 Å². The summed E-state index contributed by atoms with van der Waals surface area (Å²) in [6.07, 6.45) is 6.44. The van der Waals surface area contributed by atoms with E-state index < -0.39 is 0 Å². The fourth-order valence-corrected chi connectivity index (χ4v) is 3.37. The van der Waals surface area contributed by atoms with E-state index in [-0.39, 0.29) is 0 Å². The van der Waals surface area contributed by atoms with E-state index in [1.165, 1.54) is 37.9 Å². The molecular formula is C14H24N4S. The number of nitrogens with one attached hydrogen (secondary N) is 1. The molecule has 1 heterocycles. The van der Waals surface area contributed by atoms with Crippen LogP contribution in [0.15, 0.2) is 5.16 Å². The van der Waals surface area contributed by atoms with Crippen molar-refractivity contribution in [2.75, 3.05) is 13.1 Å². The van der Waals surface area contributed by atoms with E-state index in [4.69, 9.17) is 0 Å². The standard InChI is InChI=1S/C14H24N4S/c1-3-8-15-9-10(2)19-14-17-16-13(11-4-5-11)18(14)12-6-7-12/h10-12,15H,3-9H2,1-2H3. The third-order valence-corrected chi connectivity index (χ3v) is 4.77. The summed E-state index contributed by atoms with van der Waals surface area (Å²) in [5, 5.41) is 14.1. The highest BCUT2D eigenvalue weighted by Crippen LogP contribution is 2.46. The molecule has 0 spiro atoms. The molecule has 2 fully saturated rings. The van der Waals surface area contributed by atoms with Crippen LogP contribution in [0.3, 0.4) is 0 Å². The van der Waals surface area contributed by atoms with E-state index in [0.717, 1.165) is 18.2 Å². The summed E-state index contributed by atoms with van der Waals surface area (Å²) in [4.78, 5) is 0. The lowest BCUT2D eigenvalue weighted by atomic mass is 10.4. The van der Waals surface area contributed by atoms with Crippen molar-refractivity contribution in [2.24, 2.45) is 0 Å². The molecule has 2 aliphatic rings. The van der Waals surface area contributed by atoms with Gasteiger partial charge in [-0.05, 0) is 38.6 Å². The fraction of sp³-hybridized carbons (Fsp3) is 0.857. The van der Waals surface area contributed by atoms with Gasteiger partial charge in [-0.2, -0.15) is 0 Å². The van der Waals surface area contributed by atoms with Crippen LogP contribution >= 0.6 is 11.8 Å². The minimum absolute atomic E-state index is 0.556. The molecule has 106 valence electrons. The third kappa shape index (κ3) is 3.31. The summed E-state index contributed by atoms with van der Waals surface area (Å²) in [5.74, 6) is 1.97. The molecule has 0 aromatic carbocycles. The lowest BCUT2D eigenvalue weighted by Crippen LogP contribution is -2.23. The molecule has 0 radical (unpaired) electrons. The minimum atomic E-state index is 0.556. The molecule has 19 heavy (non-hydrogen) atoms. The van der Waals surface area contributed by atoms with Crippen LogP contribution in [-0.2, 0) is 0 Å². The average molecular weight is 280 g/mol. The Balaban J connectivity index is 1.63. The van der Waals surface area contributed by atoms with Gasteiger partial charge in [-0.15, -0.1) is 10.2 Å². The van der Waals surface area contributed by atoms with E-state index in [1.807, 2.05) is 11.8 Å². The summed E-state index contributed by atoms with van der Waals surface area (Å²) in [6, 6.07) is 0.698. The smallest absolute Gasteiger partial charge is 0.191 e. The summed E-state index contributed by atoms with van der Waals surface area (Å²) < 4.78 is 2.44. The molecule has 5 heteroatoms. The van der Waals surface area contributed by atoms with Crippen LogP contribution in [-0.4, -0.2) is 33.1 Å². The Hall–Kier alpha value is -0.550. The Kier molecular flexibility index (Phi) is 4.12. The Morgan fingerprint density at radius 2 is 2.11 bits per heavy atom. The molecule has 0 aliphatic heterocycles. The molecule has 3 rings (SSSR count). The molecular weight excluding hydrogens is 256 g/mol. The van der Waals surface area contributed by atoms with Crippen LogP contribution in [0.25, 0.3) is 0 Å². The molecule has 1 unspecified atom stereocenters. The molecule has 1 aromatic rings. The quantitative estimate of drug-likeness (QED) is 0.587. The van der Waals surface area contributed by atoms with E-state index in [9.17, 15) is 0 Å². The summed E-state index contributed by atoms with van der Waals surface area (Å²) in [5.41, 5.74) is 0. The number of rotatable bonds is 8. The fourth-order valence-electron chi connectivity index (χ4n) is 2.37. The van der Waals surface area contributed by atoms with Crippen molar-refractivity contribution < 1.29 is 0 Å². The van der Waals surface area contributed by atoms with Gasteiger partial charge < -0.3 is 9.88 Å². The monoisotopic (exact) mass is 280 g/mol. The summed E-state index contributed by atoms with van der Waals surface area (Å²) >= 11 is 1.88. The molecule has 1 atom stereocenters. The van der Waals surface area contributed by atoms with Crippen LogP contribution in [0.5, 0.6) is 0 Å². The van der Waals surface area contributed by atoms with Crippen molar-refractivity contribution in [1.82, 2.24) is 20.1 Å². The first-order valence-electron chi connectivity index (χ1n) is 7.61. The molecule has 0 amide bonds. The minimum Gasteiger partial charge on any atom is -0.316 e. The second-order valence-electron chi connectivity index (χ2n) is 5.85. The Morgan fingerprint density at radius 1 is 1.32 bits per heavy atom. The first kappa shape index (κ1) is 13.4. The Labute approximate surface area is 119 Å². The Morgan fingerprint density at radius 3 is 2.74 bits per heavy atom. The topological polar surface area (TPSA) is 42.7 Å². The van der Waals surface area contributed by atoms with Crippen LogP contribution in [0.1, 0.15) is 63.7 Å². The number of nitrogens with zero attached hydrogens (tertiary/aromatic N) is 3. The second kappa shape index (κ2) is 5.83. The number of hydrogen-bond donors (Lipinski definition) is 1. The highest BCUT2D eigenvalue weighted by Gasteiger charge is 2.36. The van der Waals surface area contributed by atoms with Gasteiger partial charge in [0, 0.05) is 23.8 Å². The van der Waals surface area contributed by atoms with Gasteiger partial charge in [0.15, 0.2) is 5.16 Å². The van der Waals surface area contributed by atoms with Gasteiger partial charge in [0.1, 0.15) is 5.82 Å². The maximum Gasteiger partial charge on any atom is 0.191 e. The van der Waals surface area contributed by atoms with Gasteiger partial charge in [-0.25, -0.2) is 0 Å². The summed E-state index contributed by atoms with van der Waals surface area (Å²) in [7, 11) is 0. The first-order valence-corrected chi connectivity index (χ1v) is 8.49. The van der Waals surface area contributed by atoms with Crippen LogP contribution in [0.4, 0.5) is 0 Å². The molecule has 0 bridgehead atoms. The SMILES string of the molecule is CCCNCC(C)Sc1nnc(C2CC2)n1C1CC1. The Bertz CT molecular complexity index is 423. The van der Waals surface area contributed by atoms with Gasteiger partial charge in [-0.1, -0.05) is 25.6 Å². The van der Waals surface area contributed by atoms with E-state index in [2.05, 4.69) is 33.9 Å². The van der Waals surface area contributed by atoms with Crippen LogP contribution in [0.2, 0.25) is 0 Å². The lowest BCUT2D eigenvalue weighted by molar-refractivity contribution is 0.622. The maximum atomic E-state index is 4.46. The van der Waals surface area contributed by atoms with Gasteiger partial charge in [0.2, 0.25) is 0 Å². The highest BCUT2D eigenvalue weighted by molar-refractivity contribution is 7.99. The predicted molar refractivity (Wildman–Crippen MR) is 78.7 cm³/mol. The first-order chi connectivity index (χ1) is 9.29. The van der Waals surface area contributed by atoms with Crippen molar-refractivity contribution in [3.8, 4) is 0 Å². The van der Waals surface area contributed by atoms with Gasteiger partial charge in [0.25, 0.3) is 0 Å². The third-order valence-electron chi connectivity index (χ3n) is 3.71. The molecule has 1 aromatic heterocycles. The number of hydrogen-bond acceptors (Lipinski definition) is 4. The maximum absolute atomic E-state index is 4.46. The van der Waals surface area contributed by atoms with Gasteiger partial charge >= 0.3 is 0 Å². The number of thioether (sulfide) groups is 1. The zero-order chi connectivity index (χ0) is 13.2. The number of aromatic nitrogens is 3. The molecule has 1 N–H and O–H groups in total. The largest absolute Gasteiger partial charge is 0.316 e. The predicted octanol–water partition coefficient (Wildman–Crippen LogP) is 2.97. The normalized spacial score (nSPS) is 20.7. The molecule has 0 saturated heterocycles. The van der Waals surface area contributed by atoms with Crippen molar-refractivity contribution >= 4 is 11.8 Å². The van der Waals surface area contributed by atoms with Crippen LogP contribution < -0.4 is 5.32 Å². The van der Waals surface area contributed by atoms with Crippen LogP contribution in [0, 0.1) is 0 Å². The molecule has 2 aliphatic carbocycles. The molecule has 4 nitrogen and oxygen atoms in total. The van der Waals surface area contributed by atoms with Gasteiger partial charge in [-0.3, -0.25) is 0 Å². The van der Waals surface area contributed by atoms with Crippen molar-refractivity contribution in [1.29, 1.82) is 0 Å². The lowest BCUT2D eigenvalue weighted by Gasteiger charge is -2.13. The van der Waals surface area contributed by atoms with E-state index in [1.54, 1.807) is 0 Å². The second-order valence-corrected chi connectivity index (χ2v) is 7.25. The van der Waals surface area contributed by atoms with E-state index in [0.29, 0.717) is 17.2 Å². The van der Waals surface area contributed by atoms with Crippen molar-refractivity contribution in [3.63, 3.8) is 0 Å². The zero-order valence-corrected chi connectivity index (χ0v) is 12.7. The van der Waals surface area contributed by atoms with E-state index >= 15 is 0 Å². The highest BCUT2D eigenvalue weighted by atomic mass is 32.2. The van der Waals surface area contributed by atoms with Crippen molar-refractivity contribution in [3.05, 3.63) is 5.82 Å². The zero-order valence-electron chi connectivity index (χ0n) is 11.9. The average Bonchev–Trinajstić information content (AvgIpc) is 3.30.